The van der Waals surface area contributed by atoms with Crippen LogP contribution in [0.15, 0.2) is 15.7 Å². The second kappa shape index (κ2) is 11.4. The van der Waals surface area contributed by atoms with E-state index in [1.54, 1.807) is 26.8 Å². The van der Waals surface area contributed by atoms with Crippen molar-refractivity contribution < 1.29 is 33.7 Å². The maximum absolute atomic E-state index is 13.7. The number of aliphatic hydroxyl groups is 2. The van der Waals surface area contributed by atoms with Gasteiger partial charge in [0.25, 0.3) is 0 Å². The van der Waals surface area contributed by atoms with Gasteiger partial charge in [-0.3, -0.25) is 9.59 Å². The summed E-state index contributed by atoms with van der Waals surface area (Å²) < 4.78 is 16.7. The summed E-state index contributed by atoms with van der Waals surface area (Å²) in [6.45, 7) is 9.57. The first kappa shape index (κ1) is 29.2. The molecule has 4 heterocycles. The quantitative estimate of drug-likeness (QED) is 0.482. The molecule has 4 rings (SSSR count). The number of nitrogens with zero attached hydrogens (tertiary/aromatic N) is 1. The van der Waals surface area contributed by atoms with Gasteiger partial charge in [-0.25, -0.2) is 4.98 Å². The summed E-state index contributed by atoms with van der Waals surface area (Å²) in [6.07, 6.45) is 3.76. The Bertz CT molecular complexity index is 1050. The van der Waals surface area contributed by atoms with E-state index in [1.807, 2.05) is 13.8 Å². The third-order valence-electron chi connectivity index (χ3n) is 8.51. The molecule has 3 saturated heterocycles. The maximum Gasteiger partial charge on any atom is 0.223 e. The number of rotatable bonds is 4. The van der Waals surface area contributed by atoms with Crippen molar-refractivity contribution in [2.45, 2.75) is 109 Å². The van der Waals surface area contributed by atoms with Gasteiger partial charge < -0.3 is 29.4 Å². The van der Waals surface area contributed by atoms with Crippen molar-refractivity contribution in [3.05, 3.63) is 22.9 Å². The number of amides is 1. The zero-order valence-corrected chi connectivity index (χ0v) is 23.7. The van der Waals surface area contributed by atoms with Crippen LogP contribution >= 0.6 is 11.6 Å². The van der Waals surface area contributed by atoms with E-state index in [-0.39, 0.29) is 35.9 Å². The van der Waals surface area contributed by atoms with Crippen molar-refractivity contribution >= 4 is 29.4 Å². The normalized spacial score (nSPS) is 38.8. The minimum atomic E-state index is -1.25. The summed E-state index contributed by atoms with van der Waals surface area (Å²) in [5.41, 5.74) is -1.07. The third kappa shape index (κ3) is 6.86. The van der Waals surface area contributed by atoms with Crippen LogP contribution in [0.4, 0.5) is 0 Å². The molecule has 10 heteroatoms. The van der Waals surface area contributed by atoms with Gasteiger partial charge in [0.05, 0.1) is 54.5 Å². The molecule has 3 aliphatic heterocycles. The molecule has 1 aromatic heterocycles. The standard InChI is InChI=1S/C28H41ClN2O7/c1-15-7-6-8-28(5)23(38-28)11-21(20(29)9-17-13-36-16(2)30-17)31-24(33)12-22(32)27(3,4)26(35)19(25(15)34)10-18-14-37-18/h9,13,15,18-19,21-23,25,32,34H,6-8,10-12,14H2,1-5H3,(H,31,33). The zero-order valence-electron chi connectivity index (χ0n) is 22.9. The molecule has 0 spiro atoms. The number of aliphatic hydroxyl groups excluding tert-OH is 2. The Morgan fingerprint density at radius 3 is 2.63 bits per heavy atom. The van der Waals surface area contributed by atoms with Crippen LogP contribution in [0.1, 0.15) is 77.8 Å². The van der Waals surface area contributed by atoms with Crippen molar-refractivity contribution in [2.24, 2.45) is 17.3 Å². The molecule has 38 heavy (non-hydrogen) atoms. The maximum atomic E-state index is 13.7. The number of carbonyl (C=O) groups is 2. The van der Waals surface area contributed by atoms with Crippen LogP contribution in [0.5, 0.6) is 0 Å². The molecule has 0 aliphatic carbocycles. The second-order valence-electron chi connectivity index (χ2n) is 12.1. The summed E-state index contributed by atoms with van der Waals surface area (Å²) in [6, 6.07) is -0.563. The first-order valence-electron chi connectivity index (χ1n) is 13.6. The molecule has 9 nitrogen and oxygen atoms in total. The Labute approximate surface area is 229 Å². The fraction of sp³-hybridized carbons (Fsp3) is 0.750. The Morgan fingerprint density at radius 1 is 1.29 bits per heavy atom. The topological polar surface area (TPSA) is 138 Å². The number of epoxide rings is 2. The van der Waals surface area contributed by atoms with Crippen molar-refractivity contribution in [3.63, 3.8) is 0 Å². The number of ether oxygens (including phenoxy) is 2. The van der Waals surface area contributed by atoms with Crippen LogP contribution in [-0.2, 0) is 19.1 Å². The smallest absolute Gasteiger partial charge is 0.223 e. The molecule has 8 unspecified atom stereocenters. The first-order chi connectivity index (χ1) is 17.8. The average Bonchev–Trinajstić information content (AvgIpc) is 3.74. The van der Waals surface area contributed by atoms with E-state index in [2.05, 4.69) is 10.3 Å². The molecule has 1 aromatic rings. The number of oxazole rings is 1. The van der Waals surface area contributed by atoms with Gasteiger partial charge in [-0.15, -0.1) is 0 Å². The number of halogens is 1. The fourth-order valence-corrected chi connectivity index (χ4v) is 5.76. The second-order valence-corrected chi connectivity index (χ2v) is 12.5. The molecule has 3 N–H and O–H groups in total. The van der Waals surface area contributed by atoms with Crippen molar-refractivity contribution in [3.8, 4) is 0 Å². The molecule has 0 aromatic carbocycles. The summed E-state index contributed by atoms with van der Waals surface area (Å²) in [4.78, 5) is 31.1. The molecular formula is C28H41ClN2O7. The number of aryl methyl sites for hydroxylation is 1. The minimum Gasteiger partial charge on any atom is -0.449 e. The molecule has 8 atom stereocenters. The minimum absolute atomic E-state index is 0.0598. The third-order valence-corrected chi connectivity index (χ3v) is 8.88. The van der Waals surface area contributed by atoms with Gasteiger partial charge in [0, 0.05) is 24.3 Å². The molecule has 3 aliphatic rings. The number of fused-ring (bicyclic) bond motifs is 1. The van der Waals surface area contributed by atoms with E-state index >= 15 is 0 Å². The number of nitrogens with one attached hydrogen (secondary N) is 1. The van der Waals surface area contributed by atoms with Crippen LogP contribution in [0, 0.1) is 24.2 Å². The van der Waals surface area contributed by atoms with Crippen LogP contribution in [-0.4, -0.2) is 69.6 Å². The van der Waals surface area contributed by atoms with E-state index in [9.17, 15) is 19.8 Å². The SMILES string of the molecule is Cc1nc(C=C(Cl)C2CC3OC3(C)CCCC(C)C(O)C(CC3CO3)C(=O)C(C)(C)C(O)CC(=O)N2)co1. The highest BCUT2D eigenvalue weighted by Gasteiger charge is 2.53. The number of ketones is 1. The van der Waals surface area contributed by atoms with Crippen molar-refractivity contribution in [1.82, 2.24) is 10.3 Å². The Balaban J connectivity index is 1.58. The highest BCUT2D eigenvalue weighted by atomic mass is 35.5. The van der Waals surface area contributed by atoms with E-state index in [0.717, 1.165) is 19.3 Å². The van der Waals surface area contributed by atoms with Gasteiger partial charge in [0.1, 0.15) is 17.7 Å². The molecule has 212 valence electrons. The molecule has 0 saturated carbocycles. The molecule has 0 radical (unpaired) electrons. The number of hydrogen-bond acceptors (Lipinski definition) is 8. The predicted molar refractivity (Wildman–Crippen MR) is 141 cm³/mol. The Morgan fingerprint density at radius 2 is 2.00 bits per heavy atom. The highest BCUT2D eigenvalue weighted by Crippen LogP contribution is 2.45. The largest absolute Gasteiger partial charge is 0.449 e. The van der Waals surface area contributed by atoms with E-state index in [0.29, 0.717) is 36.1 Å². The predicted octanol–water partition coefficient (Wildman–Crippen LogP) is 3.53. The lowest BCUT2D eigenvalue weighted by molar-refractivity contribution is -0.144. The molecule has 3 fully saturated rings. The fourth-order valence-electron chi connectivity index (χ4n) is 5.51. The first-order valence-corrected chi connectivity index (χ1v) is 14.0. The Hall–Kier alpha value is -1.78. The van der Waals surface area contributed by atoms with Gasteiger partial charge in [0.15, 0.2) is 5.89 Å². The summed E-state index contributed by atoms with van der Waals surface area (Å²) in [7, 11) is 0. The van der Waals surface area contributed by atoms with E-state index in [1.165, 1.54) is 6.26 Å². The lowest BCUT2D eigenvalue weighted by Crippen LogP contribution is -2.48. The van der Waals surface area contributed by atoms with E-state index in [4.69, 9.17) is 25.5 Å². The Kier molecular flexibility index (Phi) is 8.74. The van der Waals surface area contributed by atoms with E-state index < -0.39 is 35.5 Å². The van der Waals surface area contributed by atoms with Crippen molar-refractivity contribution in [2.75, 3.05) is 6.61 Å². The molecule has 0 bridgehead atoms. The molecular weight excluding hydrogens is 512 g/mol. The lowest BCUT2D eigenvalue weighted by atomic mass is 9.71. The highest BCUT2D eigenvalue weighted by molar-refractivity contribution is 6.32. The number of Topliss-reactive ketones (excluding diaryl/α,β-unsaturated/α-hetero) is 1. The summed E-state index contributed by atoms with van der Waals surface area (Å²) >= 11 is 6.67. The molecule has 1 amide bonds. The van der Waals surface area contributed by atoms with Gasteiger partial charge in [-0.2, -0.15) is 0 Å². The van der Waals surface area contributed by atoms with Crippen LogP contribution in [0.2, 0.25) is 0 Å². The van der Waals surface area contributed by atoms with Gasteiger partial charge in [-0.1, -0.05) is 38.8 Å². The summed E-state index contributed by atoms with van der Waals surface area (Å²) in [5, 5.41) is 25.6. The van der Waals surface area contributed by atoms with Crippen LogP contribution in [0.25, 0.3) is 6.08 Å². The van der Waals surface area contributed by atoms with Crippen LogP contribution in [0.3, 0.4) is 0 Å². The monoisotopic (exact) mass is 552 g/mol. The van der Waals surface area contributed by atoms with Gasteiger partial charge in [0.2, 0.25) is 5.91 Å². The van der Waals surface area contributed by atoms with Crippen molar-refractivity contribution in [1.29, 1.82) is 0 Å². The number of hydrogen-bond donors (Lipinski definition) is 3. The number of carbonyl (C=O) groups excluding carboxylic acids is 2. The average molecular weight is 553 g/mol. The van der Waals surface area contributed by atoms with Crippen LogP contribution < -0.4 is 5.32 Å². The van der Waals surface area contributed by atoms with Gasteiger partial charge >= 0.3 is 0 Å². The zero-order chi connectivity index (χ0) is 27.8. The lowest BCUT2D eigenvalue weighted by Gasteiger charge is -2.36. The summed E-state index contributed by atoms with van der Waals surface area (Å²) in [5.74, 6) is -0.995. The number of aromatic nitrogens is 1. The van der Waals surface area contributed by atoms with Gasteiger partial charge in [-0.05, 0) is 38.2 Å².